The number of aromatic nitrogens is 3. The molecule has 0 spiro atoms. The lowest BCUT2D eigenvalue weighted by Crippen LogP contribution is -2.17. The van der Waals surface area contributed by atoms with Gasteiger partial charge in [0.15, 0.2) is 0 Å². The Hall–Kier alpha value is -1.88. The van der Waals surface area contributed by atoms with Crippen LogP contribution in [0.3, 0.4) is 0 Å². The molecule has 0 aliphatic heterocycles. The fourth-order valence-corrected chi connectivity index (χ4v) is 1.77. The number of nitrogens with zero attached hydrogens (tertiary/aromatic N) is 3. The Morgan fingerprint density at radius 3 is 2.83 bits per heavy atom. The van der Waals surface area contributed by atoms with E-state index in [0.717, 1.165) is 0 Å². The first-order chi connectivity index (χ1) is 8.59. The zero-order valence-corrected chi connectivity index (χ0v) is 10.8. The Morgan fingerprint density at radius 2 is 2.17 bits per heavy atom. The lowest BCUT2D eigenvalue weighted by atomic mass is 10.2. The molecule has 0 bridgehead atoms. The van der Waals surface area contributed by atoms with Crippen LogP contribution in [-0.2, 0) is 0 Å². The Balaban J connectivity index is 2.22. The van der Waals surface area contributed by atoms with E-state index in [9.17, 15) is 4.79 Å². The van der Waals surface area contributed by atoms with Crippen LogP contribution >= 0.6 is 11.6 Å². The average Bonchev–Trinajstić information content (AvgIpc) is 2.77. The maximum atomic E-state index is 12.0. The van der Waals surface area contributed by atoms with E-state index in [4.69, 9.17) is 11.6 Å². The number of carbonyl (C=O) groups is 1. The second kappa shape index (κ2) is 5.18. The average molecular weight is 265 g/mol. The molecule has 2 aromatic rings. The van der Waals surface area contributed by atoms with Crippen LogP contribution in [0.5, 0.6) is 0 Å². The van der Waals surface area contributed by atoms with Crippen LogP contribution in [-0.4, -0.2) is 20.7 Å². The molecule has 0 radical (unpaired) electrons. The van der Waals surface area contributed by atoms with E-state index in [1.165, 1.54) is 12.4 Å². The number of anilines is 1. The summed E-state index contributed by atoms with van der Waals surface area (Å²) in [4.78, 5) is 15.9. The van der Waals surface area contributed by atoms with Crippen molar-refractivity contribution in [3.63, 3.8) is 0 Å². The molecule has 0 saturated carbocycles. The maximum Gasteiger partial charge on any atom is 0.258 e. The summed E-state index contributed by atoms with van der Waals surface area (Å²) >= 11 is 5.92. The number of halogens is 1. The van der Waals surface area contributed by atoms with E-state index >= 15 is 0 Å². The lowest BCUT2D eigenvalue weighted by molar-refractivity contribution is 0.102. The molecule has 0 aromatic carbocycles. The van der Waals surface area contributed by atoms with E-state index in [0.29, 0.717) is 16.4 Å². The van der Waals surface area contributed by atoms with Crippen molar-refractivity contribution in [2.45, 2.75) is 19.9 Å². The van der Waals surface area contributed by atoms with E-state index in [-0.39, 0.29) is 11.9 Å². The van der Waals surface area contributed by atoms with Crippen molar-refractivity contribution in [3.05, 3.63) is 41.3 Å². The highest BCUT2D eigenvalue weighted by atomic mass is 35.5. The smallest absolute Gasteiger partial charge is 0.258 e. The van der Waals surface area contributed by atoms with Gasteiger partial charge >= 0.3 is 0 Å². The summed E-state index contributed by atoms with van der Waals surface area (Å²) in [7, 11) is 0. The predicted molar refractivity (Wildman–Crippen MR) is 69.8 cm³/mol. The zero-order valence-electron chi connectivity index (χ0n) is 10.1. The fourth-order valence-electron chi connectivity index (χ4n) is 1.57. The van der Waals surface area contributed by atoms with Crippen molar-refractivity contribution in [2.24, 2.45) is 0 Å². The van der Waals surface area contributed by atoms with Crippen molar-refractivity contribution in [2.75, 3.05) is 5.32 Å². The van der Waals surface area contributed by atoms with E-state index in [1.54, 1.807) is 23.0 Å². The minimum atomic E-state index is -0.273. The highest BCUT2D eigenvalue weighted by Crippen LogP contribution is 2.17. The third kappa shape index (κ3) is 2.51. The number of amides is 1. The van der Waals surface area contributed by atoms with Crippen molar-refractivity contribution in [3.8, 4) is 0 Å². The molecule has 94 valence electrons. The molecule has 5 nitrogen and oxygen atoms in total. The number of hydrogen-bond donors (Lipinski definition) is 1. The topological polar surface area (TPSA) is 59.8 Å². The summed E-state index contributed by atoms with van der Waals surface area (Å²) in [6, 6.07) is 3.49. The van der Waals surface area contributed by atoms with Crippen LogP contribution in [0.4, 0.5) is 5.82 Å². The Kier molecular flexibility index (Phi) is 3.62. The summed E-state index contributed by atoms with van der Waals surface area (Å²) in [5.74, 6) is 0.368. The normalized spacial score (nSPS) is 10.7. The van der Waals surface area contributed by atoms with E-state index in [1.807, 2.05) is 13.8 Å². The van der Waals surface area contributed by atoms with Gasteiger partial charge in [0.1, 0.15) is 5.82 Å². The standard InChI is InChI=1S/C12H13ClN4O/c1-8(2)17-11(4-6-15-17)16-12(18)9-3-5-14-7-10(9)13/h3-8H,1-2H3,(H,16,18). The molecule has 0 saturated heterocycles. The Morgan fingerprint density at radius 1 is 1.39 bits per heavy atom. The molecule has 1 N–H and O–H groups in total. The summed E-state index contributed by atoms with van der Waals surface area (Å²) in [5.41, 5.74) is 0.392. The Labute approximate surface area is 110 Å². The largest absolute Gasteiger partial charge is 0.307 e. The summed E-state index contributed by atoms with van der Waals surface area (Å²) in [6.45, 7) is 3.98. The number of hydrogen-bond acceptors (Lipinski definition) is 3. The number of nitrogens with one attached hydrogen (secondary N) is 1. The third-order valence-electron chi connectivity index (χ3n) is 2.42. The molecule has 0 aliphatic rings. The monoisotopic (exact) mass is 264 g/mol. The van der Waals surface area contributed by atoms with Gasteiger partial charge in [-0.1, -0.05) is 11.6 Å². The van der Waals surface area contributed by atoms with Gasteiger partial charge in [-0.15, -0.1) is 0 Å². The van der Waals surface area contributed by atoms with E-state index in [2.05, 4.69) is 15.4 Å². The second-order valence-corrected chi connectivity index (χ2v) is 4.47. The number of pyridine rings is 1. The first kappa shape index (κ1) is 12.6. The van der Waals surface area contributed by atoms with Crippen molar-refractivity contribution < 1.29 is 4.79 Å². The maximum absolute atomic E-state index is 12.0. The molecule has 0 aliphatic carbocycles. The molecule has 0 fully saturated rings. The van der Waals surface area contributed by atoms with Crippen LogP contribution in [0.25, 0.3) is 0 Å². The molecule has 2 heterocycles. The molecule has 0 atom stereocenters. The van der Waals surface area contributed by atoms with Crippen LogP contribution in [0.2, 0.25) is 5.02 Å². The van der Waals surface area contributed by atoms with Crippen molar-refractivity contribution in [1.82, 2.24) is 14.8 Å². The number of carbonyl (C=O) groups excluding carboxylic acids is 1. The first-order valence-corrected chi connectivity index (χ1v) is 5.91. The molecule has 18 heavy (non-hydrogen) atoms. The number of rotatable bonds is 3. The molecule has 6 heteroatoms. The van der Waals surface area contributed by atoms with Gasteiger partial charge in [-0.05, 0) is 19.9 Å². The first-order valence-electron chi connectivity index (χ1n) is 5.54. The van der Waals surface area contributed by atoms with Gasteiger partial charge in [0.2, 0.25) is 0 Å². The quantitative estimate of drug-likeness (QED) is 0.927. The van der Waals surface area contributed by atoms with Crippen LogP contribution in [0.1, 0.15) is 30.2 Å². The molecule has 0 unspecified atom stereocenters. The van der Waals surface area contributed by atoms with Crippen LogP contribution in [0.15, 0.2) is 30.7 Å². The van der Waals surface area contributed by atoms with Gasteiger partial charge in [-0.25, -0.2) is 4.68 Å². The molecule has 2 aromatic heterocycles. The summed E-state index contributed by atoms with van der Waals surface area (Å²) in [6.07, 6.45) is 4.61. The molecular weight excluding hydrogens is 252 g/mol. The van der Waals surface area contributed by atoms with Gasteiger partial charge in [-0.3, -0.25) is 9.78 Å². The second-order valence-electron chi connectivity index (χ2n) is 4.06. The van der Waals surface area contributed by atoms with Gasteiger partial charge < -0.3 is 5.32 Å². The van der Waals surface area contributed by atoms with Gasteiger partial charge in [-0.2, -0.15) is 5.10 Å². The molecule has 2 rings (SSSR count). The summed E-state index contributed by atoms with van der Waals surface area (Å²) in [5, 5.41) is 7.24. The molecular formula is C12H13ClN4O. The van der Waals surface area contributed by atoms with Gasteiger partial charge in [0.05, 0.1) is 16.8 Å². The zero-order chi connectivity index (χ0) is 13.1. The molecule has 1 amide bonds. The van der Waals surface area contributed by atoms with Crippen molar-refractivity contribution in [1.29, 1.82) is 0 Å². The predicted octanol–water partition coefficient (Wildman–Crippen LogP) is 2.76. The highest BCUT2D eigenvalue weighted by molar-refractivity contribution is 6.34. The fraction of sp³-hybridized carbons (Fsp3) is 0.250. The SMILES string of the molecule is CC(C)n1nccc1NC(=O)c1ccncc1Cl. The van der Waals surface area contributed by atoms with Crippen LogP contribution < -0.4 is 5.32 Å². The van der Waals surface area contributed by atoms with E-state index < -0.39 is 0 Å². The lowest BCUT2D eigenvalue weighted by Gasteiger charge is -2.12. The summed E-state index contributed by atoms with van der Waals surface area (Å²) < 4.78 is 1.73. The van der Waals surface area contributed by atoms with Crippen LogP contribution in [0, 0.1) is 0 Å². The minimum absolute atomic E-state index is 0.170. The Bertz CT molecular complexity index is 565. The highest BCUT2D eigenvalue weighted by Gasteiger charge is 2.13. The third-order valence-corrected chi connectivity index (χ3v) is 2.72. The van der Waals surface area contributed by atoms with Gasteiger partial charge in [0.25, 0.3) is 5.91 Å². The van der Waals surface area contributed by atoms with Gasteiger partial charge in [0, 0.05) is 24.5 Å². The van der Waals surface area contributed by atoms with Crippen molar-refractivity contribution >= 4 is 23.3 Å². The minimum Gasteiger partial charge on any atom is -0.307 e.